The van der Waals surface area contributed by atoms with Crippen LogP contribution in [0.3, 0.4) is 0 Å². The maximum atomic E-state index is 12.0. The summed E-state index contributed by atoms with van der Waals surface area (Å²) in [6, 6.07) is 2.54. The Labute approximate surface area is 112 Å². The molecule has 4 nitrogen and oxygen atoms in total. The van der Waals surface area contributed by atoms with Crippen molar-refractivity contribution in [3.8, 4) is 5.75 Å². The van der Waals surface area contributed by atoms with Crippen molar-refractivity contribution in [3.63, 3.8) is 0 Å². The van der Waals surface area contributed by atoms with Crippen LogP contribution in [0.2, 0.25) is 0 Å². The average molecular weight is 261 g/mol. The summed E-state index contributed by atoms with van der Waals surface area (Å²) in [5, 5.41) is 11.8. The molecule has 0 fully saturated rings. The van der Waals surface area contributed by atoms with Gasteiger partial charge in [-0.15, -0.1) is 0 Å². The highest BCUT2D eigenvalue weighted by atomic mass is 16.3. The van der Waals surface area contributed by atoms with Crippen molar-refractivity contribution in [3.05, 3.63) is 28.8 Å². The Balaban J connectivity index is 3.64. The van der Waals surface area contributed by atoms with Gasteiger partial charge in [-0.05, 0) is 12.1 Å². The topological polar surface area (TPSA) is 71.1 Å². The fraction of sp³-hybridized carbons (Fsp3) is 0.400. The van der Waals surface area contributed by atoms with E-state index in [-0.39, 0.29) is 47.5 Å². The first-order valence-electron chi connectivity index (χ1n) is 6.41. The van der Waals surface area contributed by atoms with Crippen LogP contribution in [0, 0.1) is 0 Å². The van der Waals surface area contributed by atoms with Crippen LogP contribution in [-0.2, 0) is 5.11 Å². The molecule has 1 radical (unpaired) electrons. The van der Waals surface area contributed by atoms with Gasteiger partial charge < -0.3 is 0 Å². The summed E-state index contributed by atoms with van der Waals surface area (Å²) >= 11 is 0. The van der Waals surface area contributed by atoms with Crippen LogP contribution < -0.4 is 0 Å². The van der Waals surface area contributed by atoms with Gasteiger partial charge in [0, 0.05) is 30.4 Å². The summed E-state index contributed by atoms with van der Waals surface area (Å²) < 4.78 is 0. The van der Waals surface area contributed by atoms with Gasteiger partial charge in [-0.25, -0.2) is 0 Å². The van der Waals surface area contributed by atoms with Gasteiger partial charge in [-0.2, -0.15) is 0 Å². The van der Waals surface area contributed by atoms with Crippen LogP contribution in [0.25, 0.3) is 0 Å². The Morgan fingerprint density at radius 3 is 1.74 bits per heavy atom. The van der Waals surface area contributed by atoms with Gasteiger partial charge in [-0.1, -0.05) is 20.8 Å². The molecule has 0 spiro atoms. The maximum Gasteiger partial charge on any atom is 0.190 e. The molecule has 4 heteroatoms. The predicted octanol–water partition coefficient (Wildman–Crippen LogP) is 3.61. The number of hydrogen-bond acceptors (Lipinski definition) is 3. The molecule has 0 atom stereocenters. The molecule has 0 aliphatic rings. The summed E-state index contributed by atoms with van der Waals surface area (Å²) in [6.45, 7) is 4.94. The van der Waals surface area contributed by atoms with E-state index in [4.69, 9.17) is 0 Å². The van der Waals surface area contributed by atoms with Gasteiger partial charge >= 0.3 is 0 Å². The van der Waals surface area contributed by atoms with E-state index < -0.39 is 11.5 Å². The summed E-state index contributed by atoms with van der Waals surface area (Å²) in [5.74, 6) is -1.46. The second-order valence-electron chi connectivity index (χ2n) is 4.19. The van der Waals surface area contributed by atoms with Gasteiger partial charge in [0.15, 0.2) is 23.1 Å². The fourth-order valence-corrected chi connectivity index (χ4v) is 1.93. The third-order valence-electron chi connectivity index (χ3n) is 2.99. The third kappa shape index (κ3) is 2.89. The Morgan fingerprint density at radius 1 is 0.789 bits per heavy atom. The number of ketones is 3. The van der Waals surface area contributed by atoms with Crippen LogP contribution in [0.15, 0.2) is 12.1 Å². The molecule has 1 aromatic rings. The second-order valence-corrected chi connectivity index (χ2v) is 4.19. The molecule has 0 aromatic heterocycles. The zero-order chi connectivity index (χ0) is 14.6. The van der Waals surface area contributed by atoms with Crippen LogP contribution in [-0.4, -0.2) is 17.3 Å². The molecule has 0 N–H and O–H groups in total. The quantitative estimate of drug-likeness (QED) is 0.734. The Hall–Kier alpha value is -1.97. The van der Waals surface area contributed by atoms with E-state index >= 15 is 0 Å². The van der Waals surface area contributed by atoms with Crippen LogP contribution >= 0.6 is 0 Å². The summed E-state index contributed by atoms with van der Waals surface area (Å²) in [6.07, 6.45) is 0.502. The van der Waals surface area contributed by atoms with Crippen molar-refractivity contribution in [2.24, 2.45) is 0 Å². The molecule has 1 rings (SSSR count). The van der Waals surface area contributed by atoms with Crippen molar-refractivity contribution in [2.75, 3.05) is 0 Å². The van der Waals surface area contributed by atoms with Crippen LogP contribution in [0.1, 0.15) is 71.1 Å². The number of Topliss-reactive ketones (excluding diaryl/α,β-unsaturated/α-hetero) is 3. The largest absolute Gasteiger partial charge is 0.294 e. The summed E-state index contributed by atoms with van der Waals surface area (Å²) in [4.78, 5) is 35.7. The van der Waals surface area contributed by atoms with E-state index in [0.29, 0.717) is 0 Å². The number of carbonyl (C=O) groups excluding carboxylic acids is 3. The third-order valence-corrected chi connectivity index (χ3v) is 2.99. The lowest BCUT2D eigenvalue weighted by Crippen LogP contribution is -2.14. The molecule has 0 aliphatic heterocycles. The molecular weight excluding hydrogens is 244 g/mol. The monoisotopic (exact) mass is 261 g/mol. The molecule has 1 aromatic carbocycles. The van der Waals surface area contributed by atoms with Crippen molar-refractivity contribution < 1.29 is 19.5 Å². The number of carbonyl (C=O) groups is 3. The highest BCUT2D eigenvalue weighted by Crippen LogP contribution is 2.28. The minimum atomic E-state index is -0.490. The van der Waals surface area contributed by atoms with Gasteiger partial charge in [0.25, 0.3) is 0 Å². The molecule has 101 valence electrons. The molecule has 0 saturated heterocycles. The summed E-state index contributed by atoms with van der Waals surface area (Å²) in [7, 11) is 0. The average Bonchev–Trinajstić information content (AvgIpc) is 2.44. The number of rotatable bonds is 6. The van der Waals surface area contributed by atoms with E-state index in [0.717, 1.165) is 0 Å². The van der Waals surface area contributed by atoms with Crippen molar-refractivity contribution in [1.82, 2.24) is 0 Å². The molecule has 0 saturated carbocycles. The van der Waals surface area contributed by atoms with Gasteiger partial charge in [0.05, 0.1) is 5.56 Å². The first-order valence-corrected chi connectivity index (χ1v) is 6.41. The SMILES string of the molecule is CCC(=O)c1ccc([O])c(C(=O)CC)c1C(=O)CC. The summed E-state index contributed by atoms with van der Waals surface area (Å²) in [5.41, 5.74) is 0.0631. The molecule has 19 heavy (non-hydrogen) atoms. The lowest BCUT2D eigenvalue weighted by Gasteiger charge is -2.11. The lowest BCUT2D eigenvalue weighted by molar-refractivity contribution is 0.0939. The standard InChI is InChI=1S/C15H17O4/c1-4-10(16)9-7-8-13(19)15(12(18)6-3)14(9)11(17)5-2/h7-8H,4-6H2,1-3H3. The smallest absolute Gasteiger partial charge is 0.190 e. The Bertz CT molecular complexity index is 529. The maximum absolute atomic E-state index is 12.0. The lowest BCUT2D eigenvalue weighted by atomic mass is 9.90. The van der Waals surface area contributed by atoms with Gasteiger partial charge in [0.1, 0.15) is 0 Å². The van der Waals surface area contributed by atoms with E-state index in [2.05, 4.69) is 0 Å². The van der Waals surface area contributed by atoms with Crippen molar-refractivity contribution in [1.29, 1.82) is 0 Å². The normalized spacial score (nSPS) is 10.3. The minimum Gasteiger partial charge on any atom is -0.294 e. The molecular formula is C15H17O4. The first-order chi connectivity index (χ1) is 8.97. The van der Waals surface area contributed by atoms with E-state index in [1.165, 1.54) is 12.1 Å². The molecule has 0 heterocycles. The van der Waals surface area contributed by atoms with Crippen molar-refractivity contribution in [2.45, 2.75) is 40.0 Å². The predicted molar refractivity (Wildman–Crippen MR) is 70.4 cm³/mol. The van der Waals surface area contributed by atoms with Crippen LogP contribution in [0.5, 0.6) is 5.75 Å². The van der Waals surface area contributed by atoms with E-state index in [1.807, 2.05) is 0 Å². The Kier molecular flexibility index (Phi) is 4.98. The zero-order valence-corrected chi connectivity index (χ0v) is 11.4. The van der Waals surface area contributed by atoms with E-state index in [9.17, 15) is 19.5 Å². The van der Waals surface area contributed by atoms with Gasteiger partial charge in [0.2, 0.25) is 0 Å². The molecule has 0 bridgehead atoms. The minimum absolute atomic E-state index is 0.00806. The van der Waals surface area contributed by atoms with Gasteiger partial charge in [-0.3, -0.25) is 19.5 Å². The Morgan fingerprint density at radius 2 is 1.26 bits per heavy atom. The molecule has 0 unspecified atom stereocenters. The zero-order valence-electron chi connectivity index (χ0n) is 11.4. The number of hydrogen-bond donors (Lipinski definition) is 0. The highest BCUT2D eigenvalue weighted by molar-refractivity contribution is 6.16. The fourth-order valence-electron chi connectivity index (χ4n) is 1.93. The first kappa shape index (κ1) is 15.1. The second kappa shape index (κ2) is 6.27. The molecule has 0 amide bonds. The highest BCUT2D eigenvalue weighted by Gasteiger charge is 2.25. The number of benzene rings is 1. The van der Waals surface area contributed by atoms with Crippen LogP contribution in [0.4, 0.5) is 0 Å². The molecule has 0 aliphatic carbocycles. The van der Waals surface area contributed by atoms with E-state index in [1.54, 1.807) is 20.8 Å². The van der Waals surface area contributed by atoms with Crippen molar-refractivity contribution >= 4 is 17.3 Å².